The SMILES string of the molecule is CC(CCl)C(=O)N1CCN(c2ccc(O)cc2)CC1. The molecule has 0 bridgehead atoms. The van der Waals surface area contributed by atoms with Crippen LogP contribution in [0.1, 0.15) is 6.92 Å². The Morgan fingerprint density at radius 3 is 2.37 bits per heavy atom. The predicted octanol–water partition coefficient (Wildman–Crippen LogP) is 1.92. The van der Waals surface area contributed by atoms with E-state index in [4.69, 9.17) is 11.6 Å². The van der Waals surface area contributed by atoms with Crippen LogP contribution in [0.3, 0.4) is 0 Å². The molecule has 1 saturated heterocycles. The molecular weight excluding hydrogens is 264 g/mol. The highest BCUT2D eigenvalue weighted by molar-refractivity contribution is 6.19. The molecule has 1 heterocycles. The number of phenols is 1. The molecule has 0 aromatic heterocycles. The molecule has 1 aliphatic rings. The van der Waals surface area contributed by atoms with Crippen molar-refractivity contribution in [1.82, 2.24) is 4.90 Å². The Morgan fingerprint density at radius 2 is 1.84 bits per heavy atom. The minimum Gasteiger partial charge on any atom is -0.508 e. The molecule has 1 aromatic rings. The van der Waals surface area contributed by atoms with Crippen molar-refractivity contribution >= 4 is 23.2 Å². The van der Waals surface area contributed by atoms with Gasteiger partial charge in [-0.3, -0.25) is 4.79 Å². The van der Waals surface area contributed by atoms with Gasteiger partial charge >= 0.3 is 0 Å². The van der Waals surface area contributed by atoms with Crippen molar-refractivity contribution in [3.05, 3.63) is 24.3 Å². The molecule has 19 heavy (non-hydrogen) atoms. The molecule has 4 nitrogen and oxygen atoms in total. The molecular formula is C14H19ClN2O2. The summed E-state index contributed by atoms with van der Waals surface area (Å²) in [6.07, 6.45) is 0. The number of carbonyl (C=O) groups is 1. The van der Waals surface area contributed by atoms with Crippen LogP contribution in [0.25, 0.3) is 0 Å². The van der Waals surface area contributed by atoms with E-state index in [1.807, 2.05) is 24.0 Å². The fourth-order valence-corrected chi connectivity index (χ4v) is 2.36. The molecule has 2 rings (SSSR count). The Hall–Kier alpha value is -1.42. The van der Waals surface area contributed by atoms with Crippen molar-refractivity contribution in [2.75, 3.05) is 37.0 Å². The molecule has 0 saturated carbocycles. The molecule has 1 fully saturated rings. The quantitative estimate of drug-likeness (QED) is 0.862. The zero-order chi connectivity index (χ0) is 13.8. The van der Waals surface area contributed by atoms with Gasteiger partial charge in [0.1, 0.15) is 5.75 Å². The van der Waals surface area contributed by atoms with E-state index in [1.54, 1.807) is 12.1 Å². The number of hydrogen-bond acceptors (Lipinski definition) is 3. The van der Waals surface area contributed by atoms with Crippen molar-refractivity contribution in [2.24, 2.45) is 5.92 Å². The maximum atomic E-state index is 12.0. The zero-order valence-corrected chi connectivity index (χ0v) is 11.8. The van der Waals surface area contributed by atoms with Gasteiger partial charge in [0.05, 0.1) is 0 Å². The Bertz CT molecular complexity index is 428. The van der Waals surface area contributed by atoms with E-state index in [0.29, 0.717) is 5.88 Å². The first-order valence-electron chi connectivity index (χ1n) is 6.50. The summed E-state index contributed by atoms with van der Waals surface area (Å²) in [7, 11) is 0. The minimum atomic E-state index is -0.109. The lowest BCUT2D eigenvalue weighted by molar-refractivity contribution is -0.134. The maximum Gasteiger partial charge on any atom is 0.226 e. The van der Waals surface area contributed by atoms with Crippen LogP contribution in [0, 0.1) is 5.92 Å². The summed E-state index contributed by atoms with van der Waals surface area (Å²) in [5.74, 6) is 0.674. The first-order chi connectivity index (χ1) is 9.11. The second kappa shape index (κ2) is 6.15. The van der Waals surface area contributed by atoms with E-state index in [0.717, 1.165) is 31.9 Å². The van der Waals surface area contributed by atoms with E-state index in [2.05, 4.69) is 4.90 Å². The first kappa shape index (κ1) is 14.0. The van der Waals surface area contributed by atoms with Crippen molar-refractivity contribution in [3.63, 3.8) is 0 Å². The number of nitrogens with zero attached hydrogens (tertiary/aromatic N) is 2. The highest BCUT2D eigenvalue weighted by atomic mass is 35.5. The smallest absolute Gasteiger partial charge is 0.226 e. The lowest BCUT2D eigenvalue weighted by atomic mass is 10.1. The largest absolute Gasteiger partial charge is 0.508 e. The van der Waals surface area contributed by atoms with Crippen LogP contribution in [0.5, 0.6) is 5.75 Å². The number of halogens is 1. The number of anilines is 1. The summed E-state index contributed by atoms with van der Waals surface area (Å²) in [5.41, 5.74) is 1.08. The molecule has 1 aliphatic heterocycles. The summed E-state index contributed by atoms with van der Waals surface area (Å²) in [6, 6.07) is 7.16. The van der Waals surface area contributed by atoms with Gasteiger partial charge in [0.2, 0.25) is 5.91 Å². The number of rotatable bonds is 3. The van der Waals surface area contributed by atoms with E-state index in [9.17, 15) is 9.90 Å². The molecule has 1 atom stereocenters. The van der Waals surface area contributed by atoms with E-state index in [-0.39, 0.29) is 17.6 Å². The molecule has 0 radical (unpaired) electrons. The first-order valence-corrected chi connectivity index (χ1v) is 7.04. The topological polar surface area (TPSA) is 43.8 Å². The molecule has 0 aliphatic carbocycles. The highest BCUT2D eigenvalue weighted by Gasteiger charge is 2.24. The average molecular weight is 283 g/mol. The lowest BCUT2D eigenvalue weighted by Crippen LogP contribution is -2.50. The second-order valence-electron chi connectivity index (χ2n) is 4.88. The fourth-order valence-electron chi connectivity index (χ4n) is 2.23. The molecule has 0 spiro atoms. The van der Waals surface area contributed by atoms with Crippen LogP contribution in [-0.4, -0.2) is 48.0 Å². The molecule has 1 aromatic carbocycles. The van der Waals surface area contributed by atoms with Crippen LogP contribution >= 0.6 is 11.6 Å². The summed E-state index contributed by atoms with van der Waals surface area (Å²) in [5, 5.41) is 9.27. The number of benzene rings is 1. The average Bonchev–Trinajstić information content (AvgIpc) is 2.46. The molecule has 1 amide bonds. The van der Waals surface area contributed by atoms with Crippen LogP contribution < -0.4 is 4.90 Å². The third kappa shape index (κ3) is 3.32. The minimum absolute atomic E-state index is 0.109. The van der Waals surface area contributed by atoms with E-state index < -0.39 is 0 Å². The Labute approximate surface area is 118 Å². The van der Waals surface area contributed by atoms with Crippen molar-refractivity contribution < 1.29 is 9.90 Å². The van der Waals surface area contributed by atoms with Gasteiger partial charge in [-0.25, -0.2) is 0 Å². The van der Waals surface area contributed by atoms with Gasteiger partial charge in [0.15, 0.2) is 0 Å². The van der Waals surface area contributed by atoms with Gasteiger partial charge in [0, 0.05) is 43.7 Å². The third-order valence-electron chi connectivity index (χ3n) is 3.46. The van der Waals surface area contributed by atoms with Crippen molar-refractivity contribution in [1.29, 1.82) is 0 Å². The van der Waals surface area contributed by atoms with Gasteiger partial charge < -0.3 is 14.9 Å². The summed E-state index contributed by atoms with van der Waals surface area (Å²) in [4.78, 5) is 16.1. The number of amides is 1. The molecule has 1 unspecified atom stereocenters. The summed E-state index contributed by atoms with van der Waals surface area (Å²) < 4.78 is 0. The number of phenolic OH excluding ortho intramolecular Hbond substituents is 1. The van der Waals surface area contributed by atoms with Crippen LogP contribution in [0.4, 0.5) is 5.69 Å². The highest BCUT2D eigenvalue weighted by Crippen LogP contribution is 2.20. The molecule has 1 N–H and O–H groups in total. The summed E-state index contributed by atoms with van der Waals surface area (Å²) >= 11 is 5.72. The van der Waals surface area contributed by atoms with Gasteiger partial charge in [-0.2, -0.15) is 0 Å². The van der Waals surface area contributed by atoms with Crippen LogP contribution in [-0.2, 0) is 4.79 Å². The van der Waals surface area contributed by atoms with Crippen molar-refractivity contribution in [2.45, 2.75) is 6.92 Å². The van der Waals surface area contributed by atoms with Gasteiger partial charge in [-0.1, -0.05) is 6.92 Å². The Morgan fingerprint density at radius 1 is 1.26 bits per heavy atom. The van der Waals surface area contributed by atoms with Gasteiger partial charge in [0.25, 0.3) is 0 Å². The number of piperazine rings is 1. The monoisotopic (exact) mass is 282 g/mol. The fraction of sp³-hybridized carbons (Fsp3) is 0.500. The van der Waals surface area contributed by atoms with Gasteiger partial charge in [-0.15, -0.1) is 11.6 Å². The number of hydrogen-bond donors (Lipinski definition) is 1. The van der Waals surface area contributed by atoms with E-state index >= 15 is 0 Å². The number of alkyl halides is 1. The maximum absolute atomic E-state index is 12.0. The van der Waals surface area contributed by atoms with Crippen molar-refractivity contribution in [3.8, 4) is 5.75 Å². The standard InChI is InChI=1S/C14H19ClN2O2/c1-11(10-15)14(19)17-8-6-16(7-9-17)12-2-4-13(18)5-3-12/h2-5,11,18H,6-10H2,1H3. The normalized spacial score (nSPS) is 17.4. The number of carbonyl (C=O) groups excluding carboxylic acids is 1. The van der Waals surface area contributed by atoms with Crippen LogP contribution in [0.2, 0.25) is 0 Å². The summed E-state index contributed by atoms with van der Waals surface area (Å²) in [6.45, 7) is 4.93. The Balaban J connectivity index is 1.92. The third-order valence-corrected chi connectivity index (χ3v) is 3.92. The molecule has 5 heteroatoms. The van der Waals surface area contributed by atoms with E-state index in [1.165, 1.54) is 0 Å². The second-order valence-corrected chi connectivity index (χ2v) is 5.19. The lowest BCUT2D eigenvalue weighted by Gasteiger charge is -2.37. The van der Waals surface area contributed by atoms with Crippen LogP contribution in [0.15, 0.2) is 24.3 Å². The molecule has 104 valence electrons. The number of aromatic hydroxyl groups is 1. The van der Waals surface area contributed by atoms with Gasteiger partial charge in [-0.05, 0) is 24.3 Å². The predicted molar refractivity (Wildman–Crippen MR) is 76.8 cm³/mol. The Kier molecular flexibility index (Phi) is 4.53. The zero-order valence-electron chi connectivity index (χ0n) is 11.1.